The van der Waals surface area contributed by atoms with Crippen LogP contribution < -0.4 is 5.32 Å². The fourth-order valence-corrected chi connectivity index (χ4v) is 3.73. The molecule has 0 atom stereocenters. The molecule has 0 unspecified atom stereocenters. The fourth-order valence-electron chi connectivity index (χ4n) is 3.00. The van der Waals surface area contributed by atoms with Crippen molar-refractivity contribution in [1.82, 2.24) is 15.2 Å². The lowest BCUT2D eigenvalue weighted by Gasteiger charge is -2.32. The highest BCUT2D eigenvalue weighted by Gasteiger charge is 2.23. The Morgan fingerprint density at radius 1 is 1.19 bits per heavy atom. The zero-order valence-corrected chi connectivity index (χ0v) is 15.8. The predicted octanol–water partition coefficient (Wildman–Crippen LogP) is 2.98. The Morgan fingerprint density at radius 3 is 2.59 bits per heavy atom. The Bertz CT molecular complexity index is 763. The first kappa shape index (κ1) is 19.4. The zero-order valence-electron chi connectivity index (χ0n) is 14.9. The summed E-state index contributed by atoms with van der Waals surface area (Å²) in [6, 6.07) is 9.66. The molecule has 1 aromatic heterocycles. The highest BCUT2D eigenvalue weighted by molar-refractivity contribution is 8.00. The van der Waals surface area contributed by atoms with Crippen molar-refractivity contribution in [2.24, 2.45) is 5.92 Å². The van der Waals surface area contributed by atoms with Crippen LogP contribution in [0, 0.1) is 11.7 Å². The molecule has 1 aliphatic heterocycles. The van der Waals surface area contributed by atoms with E-state index in [1.54, 1.807) is 36.7 Å². The van der Waals surface area contributed by atoms with E-state index < -0.39 is 0 Å². The summed E-state index contributed by atoms with van der Waals surface area (Å²) in [6.45, 7) is 2.01. The quantitative estimate of drug-likeness (QED) is 0.774. The lowest BCUT2D eigenvalue weighted by molar-refractivity contribution is -0.118. The molecule has 27 heavy (non-hydrogen) atoms. The molecule has 2 amide bonds. The lowest BCUT2D eigenvalue weighted by Crippen LogP contribution is -2.41. The number of hydrogen-bond donors (Lipinski definition) is 1. The number of carbonyl (C=O) groups is 2. The Kier molecular flexibility index (Phi) is 6.81. The fraction of sp³-hybridized carbons (Fsp3) is 0.350. The molecule has 2 aromatic rings. The number of aromatic nitrogens is 1. The Morgan fingerprint density at radius 2 is 1.93 bits per heavy atom. The number of hydrogen-bond acceptors (Lipinski definition) is 4. The zero-order chi connectivity index (χ0) is 19.1. The summed E-state index contributed by atoms with van der Waals surface area (Å²) in [5.41, 5.74) is 0.613. The molecule has 1 fully saturated rings. The van der Waals surface area contributed by atoms with Crippen molar-refractivity contribution in [2.45, 2.75) is 17.7 Å². The summed E-state index contributed by atoms with van der Waals surface area (Å²) in [7, 11) is 0. The first-order valence-electron chi connectivity index (χ1n) is 8.96. The third-order valence-electron chi connectivity index (χ3n) is 4.58. The number of amides is 2. The van der Waals surface area contributed by atoms with Crippen LogP contribution in [0.3, 0.4) is 0 Å². The smallest absolute Gasteiger partial charge is 0.255 e. The van der Waals surface area contributed by atoms with Crippen LogP contribution in [0.4, 0.5) is 4.39 Å². The molecule has 1 N–H and O–H groups in total. The van der Waals surface area contributed by atoms with E-state index in [1.165, 1.54) is 23.9 Å². The molecular formula is C20H22FN3O2S. The SMILES string of the molecule is O=C(CSc1ccc(F)cc1)NCC1CCN(C(=O)c2cccnc2)CC1. The van der Waals surface area contributed by atoms with E-state index in [4.69, 9.17) is 0 Å². The van der Waals surface area contributed by atoms with E-state index in [1.807, 2.05) is 4.90 Å². The molecule has 0 radical (unpaired) electrons. The molecule has 1 saturated heterocycles. The largest absolute Gasteiger partial charge is 0.355 e. The van der Waals surface area contributed by atoms with Gasteiger partial charge < -0.3 is 10.2 Å². The standard InChI is InChI=1S/C20H22FN3O2S/c21-17-3-5-18(6-4-17)27-14-19(25)23-12-15-7-10-24(11-8-15)20(26)16-2-1-9-22-13-16/h1-6,9,13,15H,7-8,10-12,14H2,(H,23,25). The van der Waals surface area contributed by atoms with Crippen molar-refractivity contribution in [3.05, 3.63) is 60.2 Å². The summed E-state index contributed by atoms with van der Waals surface area (Å²) < 4.78 is 12.9. The third kappa shape index (κ3) is 5.79. The van der Waals surface area contributed by atoms with Gasteiger partial charge in [0.25, 0.3) is 5.91 Å². The first-order valence-corrected chi connectivity index (χ1v) is 9.95. The van der Waals surface area contributed by atoms with Crippen LogP contribution in [-0.2, 0) is 4.79 Å². The molecule has 0 aliphatic carbocycles. The van der Waals surface area contributed by atoms with Crippen LogP contribution in [0.1, 0.15) is 23.2 Å². The Hall–Kier alpha value is -2.41. The number of nitrogens with one attached hydrogen (secondary N) is 1. The number of likely N-dealkylation sites (tertiary alicyclic amines) is 1. The minimum Gasteiger partial charge on any atom is -0.355 e. The van der Waals surface area contributed by atoms with Gasteiger partial charge in [0.05, 0.1) is 11.3 Å². The third-order valence-corrected chi connectivity index (χ3v) is 5.59. The number of halogens is 1. The van der Waals surface area contributed by atoms with Gasteiger partial charge in [-0.05, 0) is 55.2 Å². The van der Waals surface area contributed by atoms with Crippen LogP contribution in [0.2, 0.25) is 0 Å². The highest BCUT2D eigenvalue weighted by atomic mass is 32.2. The molecule has 3 rings (SSSR count). The molecule has 0 spiro atoms. The summed E-state index contributed by atoms with van der Waals surface area (Å²) in [6.07, 6.45) is 4.99. The average Bonchev–Trinajstić information content (AvgIpc) is 2.72. The minimum absolute atomic E-state index is 0.0151. The average molecular weight is 387 g/mol. The number of carbonyl (C=O) groups excluding carboxylic acids is 2. The van der Waals surface area contributed by atoms with Crippen LogP contribution in [-0.4, -0.2) is 47.1 Å². The van der Waals surface area contributed by atoms with Gasteiger partial charge in [-0.25, -0.2) is 4.39 Å². The summed E-state index contributed by atoms with van der Waals surface area (Å²) in [5, 5.41) is 2.96. The number of piperidine rings is 1. The molecule has 2 heterocycles. The number of benzene rings is 1. The van der Waals surface area contributed by atoms with Gasteiger partial charge in [-0.3, -0.25) is 14.6 Å². The van der Waals surface area contributed by atoms with E-state index >= 15 is 0 Å². The second-order valence-corrected chi connectivity index (χ2v) is 7.57. The van der Waals surface area contributed by atoms with Crippen LogP contribution in [0.25, 0.3) is 0 Å². The predicted molar refractivity (Wildman–Crippen MR) is 103 cm³/mol. The molecule has 0 saturated carbocycles. The molecule has 5 nitrogen and oxygen atoms in total. The van der Waals surface area contributed by atoms with Crippen LogP contribution >= 0.6 is 11.8 Å². The van der Waals surface area contributed by atoms with E-state index in [0.717, 1.165) is 17.7 Å². The van der Waals surface area contributed by atoms with Gasteiger partial charge in [-0.15, -0.1) is 11.8 Å². The molecule has 1 aromatic carbocycles. The van der Waals surface area contributed by atoms with Crippen LogP contribution in [0.15, 0.2) is 53.7 Å². The van der Waals surface area contributed by atoms with Crippen molar-refractivity contribution in [3.8, 4) is 0 Å². The van der Waals surface area contributed by atoms with Crippen molar-refractivity contribution >= 4 is 23.6 Å². The Labute approximate surface area is 162 Å². The second-order valence-electron chi connectivity index (χ2n) is 6.52. The maximum absolute atomic E-state index is 12.9. The molecule has 1 aliphatic rings. The molecule has 7 heteroatoms. The molecule has 0 bridgehead atoms. The maximum atomic E-state index is 12.9. The summed E-state index contributed by atoms with van der Waals surface area (Å²) >= 11 is 1.39. The number of thioether (sulfide) groups is 1. The number of pyridine rings is 1. The molecular weight excluding hydrogens is 365 g/mol. The van der Waals surface area contributed by atoms with Crippen molar-refractivity contribution in [2.75, 3.05) is 25.4 Å². The van der Waals surface area contributed by atoms with E-state index in [-0.39, 0.29) is 17.6 Å². The van der Waals surface area contributed by atoms with Crippen molar-refractivity contribution in [3.63, 3.8) is 0 Å². The van der Waals surface area contributed by atoms with Gasteiger partial charge in [0.1, 0.15) is 5.82 Å². The molecule has 142 valence electrons. The summed E-state index contributed by atoms with van der Waals surface area (Å²) in [4.78, 5) is 31.1. The normalized spacial score (nSPS) is 14.8. The maximum Gasteiger partial charge on any atom is 0.255 e. The topological polar surface area (TPSA) is 62.3 Å². The monoisotopic (exact) mass is 387 g/mol. The minimum atomic E-state index is -0.280. The first-order chi connectivity index (χ1) is 13.1. The van der Waals surface area contributed by atoms with E-state index in [9.17, 15) is 14.0 Å². The number of rotatable bonds is 6. The van der Waals surface area contributed by atoms with Crippen molar-refractivity contribution < 1.29 is 14.0 Å². The van der Waals surface area contributed by atoms with Gasteiger partial charge in [0, 0.05) is 36.9 Å². The Balaban J connectivity index is 1.36. The highest BCUT2D eigenvalue weighted by Crippen LogP contribution is 2.19. The van der Waals surface area contributed by atoms with Gasteiger partial charge in [-0.1, -0.05) is 0 Å². The lowest BCUT2D eigenvalue weighted by atomic mass is 9.96. The van der Waals surface area contributed by atoms with Gasteiger partial charge in [0.2, 0.25) is 5.91 Å². The van der Waals surface area contributed by atoms with Crippen LogP contribution in [0.5, 0.6) is 0 Å². The van der Waals surface area contributed by atoms with Crippen molar-refractivity contribution in [1.29, 1.82) is 0 Å². The van der Waals surface area contributed by atoms with Gasteiger partial charge >= 0.3 is 0 Å². The summed E-state index contributed by atoms with van der Waals surface area (Å²) in [5.74, 6) is 0.392. The second kappa shape index (κ2) is 9.50. The van der Waals surface area contributed by atoms with Gasteiger partial charge in [-0.2, -0.15) is 0 Å². The number of nitrogens with zero attached hydrogens (tertiary/aromatic N) is 2. The van der Waals surface area contributed by atoms with E-state index in [2.05, 4.69) is 10.3 Å². The van der Waals surface area contributed by atoms with E-state index in [0.29, 0.717) is 36.9 Å². The van der Waals surface area contributed by atoms with Gasteiger partial charge in [0.15, 0.2) is 0 Å².